The minimum absolute atomic E-state index is 0.0241. The average Bonchev–Trinajstić information content (AvgIpc) is 2.76. The molecule has 1 aromatic carbocycles. The molecule has 1 aromatic rings. The van der Waals surface area contributed by atoms with Crippen LogP contribution in [-0.4, -0.2) is 12.2 Å². The van der Waals surface area contributed by atoms with Gasteiger partial charge in [-0.25, -0.2) is 4.79 Å². The maximum absolute atomic E-state index is 12.2. The SMILES string of the molecule is CC1(C)[C@H]2CC[C@@]1(C)[C@H](OC(=O)Nc1ccc(Cl)c(Cl)c1)C2. The van der Waals surface area contributed by atoms with Crippen molar-refractivity contribution >= 4 is 35.0 Å². The number of carbonyl (C=O) groups is 1. The van der Waals surface area contributed by atoms with E-state index in [1.807, 2.05) is 0 Å². The van der Waals surface area contributed by atoms with E-state index in [0.29, 0.717) is 21.7 Å². The Labute approximate surface area is 141 Å². The van der Waals surface area contributed by atoms with E-state index in [1.165, 1.54) is 6.42 Å². The van der Waals surface area contributed by atoms with Crippen molar-refractivity contribution in [3.05, 3.63) is 28.2 Å². The van der Waals surface area contributed by atoms with E-state index in [2.05, 4.69) is 26.1 Å². The lowest BCUT2D eigenvalue weighted by atomic mass is 9.70. The van der Waals surface area contributed by atoms with E-state index in [0.717, 1.165) is 12.8 Å². The van der Waals surface area contributed by atoms with Crippen molar-refractivity contribution in [1.29, 1.82) is 0 Å². The Kier molecular flexibility index (Phi) is 3.85. The molecule has 1 N–H and O–H groups in total. The van der Waals surface area contributed by atoms with Gasteiger partial charge in [-0.05, 0) is 48.8 Å². The summed E-state index contributed by atoms with van der Waals surface area (Å²) in [6.45, 7) is 6.84. The van der Waals surface area contributed by atoms with Crippen LogP contribution in [0.25, 0.3) is 0 Å². The van der Waals surface area contributed by atoms with Crippen LogP contribution in [0.3, 0.4) is 0 Å². The zero-order chi connectivity index (χ0) is 16.1. The second kappa shape index (κ2) is 5.31. The van der Waals surface area contributed by atoms with Crippen molar-refractivity contribution < 1.29 is 9.53 Å². The predicted molar refractivity (Wildman–Crippen MR) is 89.6 cm³/mol. The van der Waals surface area contributed by atoms with Gasteiger partial charge in [0.1, 0.15) is 6.10 Å². The molecule has 2 bridgehead atoms. The fourth-order valence-corrected chi connectivity index (χ4v) is 4.46. The minimum atomic E-state index is -0.423. The normalized spacial score (nSPS) is 32.0. The molecule has 3 nitrogen and oxygen atoms in total. The number of anilines is 1. The van der Waals surface area contributed by atoms with E-state index in [9.17, 15) is 4.79 Å². The molecule has 120 valence electrons. The third-order valence-corrected chi connectivity index (χ3v) is 6.87. The third-order valence-electron chi connectivity index (χ3n) is 6.13. The van der Waals surface area contributed by atoms with Crippen molar-refractivity contribution in [2.45, 2.75) is 46.1 Å². The van der Waals surface area contributed by atoms with Crippen LogP contribution in [0, 0.1) is 16.7 Å². The highest BCUT2D eigenvalue weighted by atomic mass is 35.5. The predicted octanol–water partition coefficient (Wildman–Crippen LogP) is 5.76. The van der Waals surface area contributed by atoms with E-state index in [1.54, 1.807) is 18.2 Å². The van der Waals surface area contributed by atoms with Crippen molar-refractivity contribution in [3.63, 3.8) is 0 Å². The van der Waals surface area contributed by atoms with Crippen molar-refractivity contribution in [1.82, 2.24) is 0 Å². The molecule has 0 spiro atoms. The van der Waals surface area contributed by atoms with Crippen LogP contribution in [0.5, 0.6) is 0 Å². The quantitative estimate of drug-likeness (QED) is 0.742. The first kappa shape index (κ1) is 15.9. The van der Waals surface area contributed by atoms with Crippen LogP contribution < -0.4 is 5.32 Å². The number of carbonyl (C=O) groups excluding carboxylic acids is 1. The zero-order valence-electron chi connectivity index (χ0n) is 13.1. The second-order valence-electron chi connectivity index (χ2n) is 7.26. The maximum atomic E-state index is 12.2. The molecular formula is C17H21Cl2NO2. The van der Waals surface area contributed by atoms with Crippen LogP contribution in [0.4, 0.5) is 10.5 Å². The highest BCUT2D eigenvalue weighted by Gasteiger charge is 2.62. The summed E-state index contributed by atoms with van der Waals surface area (Å²) in [7, 11) is 0. The van der Waals surface area contributed by atoms with Gasteiger partial charge < -0.3 is 4.74 Å². The summed E-state index contributed by atoms with van der Waals surface area (Å²) in [6, 6.07) is 4.99. The largest absolute Gasteiger partial charge is 0.445 e. The number of nitrogens with one attached hydrogen (secondary N) is 1. The van der Waals surface area contributed by atoms with Gasteiger partial charge in [-0.15, -0.1) is 0 Å². The van der Waals surface area contributed by atoms with Gasteiger partial charge in [-0.3, -0.25) is 5.32 Å². The third kappa shape index (κ3) is 2.39. The maximum Gasteiger partial charge on any atom is 0.411 e. The molecule has 2 saturated carbocycles. The number of benzene rings is 1. The Morgan fingerprint density at radius 1 is 1.27 bits per heavy atom. The number of rotatable bonds is 2. The van der Waals surface area contributed by atoms with E-state index in [-0.39, 0.29) is 16.9 Å². The van der Waals surface area contributed by atoms with E-state index < -0.39 is 6.09 Å². The lowest BCUT2D eigenvalue weighted by Crippen LogP contribution is -2.39. The summed E-state index contributed by atoms with van der Waals surface area (Å²) in [5, 5.41) is 3.61. The lowest BCUT2D eigenvalue weighted by Gasteiger charge is -2.38. The summed E-state index contributed by atoms with van der Waals surface area (Å²) in [5.74, 6) is 0.639. The van der Waals surface area contributed by atoms with Gasteiger partial charge >= 0.3 is 6.09 Å². The number of fused-ring (bicyclic) bond motifs is 2. The van der Waals surface area contributed by atoms with Crippen LogP contribution in [-0.2, 0) is 4.74 Å². The number of amides is 1. The van der Waals surface area contributed by atoms with Crippen LogP contribution in [0.2, 0.25) is 10.0 Å². The van der Waals surface area contributed by atoms with Crippen LogP contribution in [0.15, 0.2) is 18.2 Å². The van der Waals surface area contributed by atoms with Crippen LogP contribution in [0.1, 0.15) is 40.0 Å². The first-order valence-electron chi connectivity index (χ1n) is 7.67. The van der Waals surface area contributed by atoms with E-state index >= 15 is 0 Å². The standard InChI is InChI=1S/C17H21Cl2NO2/c1-16(2)10-6-7-17(16,3)14(8-10)22-15(21)20-11-4-5-12(18)13(19)9-11/h4-5,9-10,14H,6-8H2,1-3H3,(H,20,21)/t10-,14+,17-/m0/s1. The highest BCUT2D eigenvalue weighted by molar-refractivity contribution is 6.42. The molecule has 3 rings (SSSR count). The lowest BCUT2D eigenvalue weighted by molar-refractivity contribution is 0.00148. The molecule has 2 aliphatic carbocycles. The molecule has 0 unspecified atom stereocenters. The second-order valence-corrected chi connectivity index (χ2v) is 8.07. The Hall–Kier alpha value is -0.930. The highest BCUT2D eigenvalue weighted by Crippen LogP contribution is 2.66. The van der Waals surface area contributed by atoms with Crippen LogP contribution >= 0.6 is 23.2 Å². The smallest absolute Gasteiger partial charge is 0.411 e. The molecule has 0 aliphatic heterocycles. The first-order valence-corrected chi connectivity index (χ1v) is 8.42. The van der Waals surface area contributed by atoms with Gasteiger partial charge in [-0.1, -0.05) is 44.0 Å². The molecular weight excluding hydrogens is 321 g/mol. The molecule has 22 heavy (non-hydrogen) atoms. The molecule has 5 heteroatoms. The Balaban J connectivity index is 1.67. The number of ether oxygens (including phenoxy) is 1. The Bertz CT molecular complexity index is 617. The fraction of sp³-hybridized carbons (Fsp3) is 0.588. The molecule has 3 atom stereocenters. The number of hydrogen-bond acceptors (Lipinski definition) is 2. The van der Waals surface area contributed by atoms with Crippen molar-refractivity contribution in [2.75, 3.05) is 5.32 Å². The number of hydrogen-bond donors (Lipinski definition) is 1. The fourth-order valence-electron chi connectivity index (χ4n) is 4.16. The molecule has 2 fully saturated rings. The molecule has 0 aromatic heterocycles. The molecule has 2 aliphatic rings. The monoisotopic (exact) mass is 341 g/mol. The summed E-state index contributed by atoms with van der Waals surface area (Å²) < 4.78 is 5.73. The molecule has 1 amide bonds. The van der Waals surface area contributed by atoms with Gasteiger partial charge in [0, 0.05) is 11.1 Å². The Morgan fingerprint density at radius 3 is 2.55 bits per heavy atom. The average molecular weight is 342 g/mol. The van der Waals surface area contributed by atoms with Gasteiger partial charge in [0.05, 0.1) is 10.0 Å². The van der Waals surface area contributed by atoms with E-state index in [4.69, 9.17) is 27.9 Å². The molecule has 0 heterocycles. The summed E-state index contributed by atoms with van der Waals surface area (Å²) in [6.07, 6.45) is 2.86. The summed E-state index contributed by atoms with van der Waals surface area (Å²) in [4.78, 5) is 12.2. The summed E-state index contributed by atoms with van der Waals surface area (Å²) >= 11 is 11.8. The topological polar surface area (TPSA) is 38.3 Å². The van der Waals surface area contributed by atoms with Crippen molar-refractivity contribution in [2.24, 2.45) is 16.7 Å². The first-order chi connectivity index (χ1) is 10.2. The number of halogens is 2. The summed E-state index contributed by atoms with van der Waals surface area (Å²) in [5.41, 5.74) is 0.876. The van der Waals surface area contributed by atoms with Gasteiger partial charge in [0.15, 0.2) is 0 Å². The molecule has 0 saturated heterocycles. The zero-order valence-corrected chi connectivity index (χ0v) is 14.6. The van der Waals surface area contributed by atoms with Gasteiger partial charge in [0.25, 0.3) is 0 Å². The molecule has 0 radical (unpaired) electrons. The van der Waals surface area contributed by atoms with Crippen molar-refractivity contribution in [3.8, 4) is 0 Å². The minimum Gasteiger partial charge on any atom is -0.445 e. The van der Waals surface area contributed by atoms with Gasteiger partial charge in [-0.2, -0.15) is 0 Å². The Morgan fingerprint density at radius 2 is 2.00 bits per heavy atom. The van der Waals surface area contributed by atoms with Gasteiger partial charge in [0.2, 0.25) is 0 Å².